The first kappa shape index (κ1) is 11.4. The van der Waals surface area contributed by atoms with Gasteiger partial charge in [0.25, 0.3) is 0 Å². The fraction of sp³-hybridized carbons (Fsp3) is 0.889. The Labute approximate surface area is 74.9 Å². The highest BCUT2D eigenvalue weighted by atomic mass is 16.1. The Balaban J connectivity index is 2.77. The third-order valence-corrected chi connectivity index (χ3v) is 1.72. The van der Waals surface area contributed by atoms with Crippen molar-refractivity contribution in [2.75, 3.05) is 19.6 Å². The number of rotatable bonds is 9. The highest BCUT2D eigenvalue weighted by molar-refractivity contribution is 5.45. The lowest BCUT2D eigenvalue weighted by Crippen LogP contribution is -2.18. The molecule has 0 atom stereocenters. The number of carbonyl (C=O) groups is 1. The van der Waals surface area contributed by atoms with E-state index in [9.17, 15) is 4.79 Å². The third-order valence-electron chi connectivity index (χ3n) is 1.72. The fourth-order valence-electron chi connectivity index (χ4n) is 0.963. The summed E-state index contributed by atoms with van der Waals surface area (Å²) in [5.74, 6) is 0. The van der Waals surface area contributed by atoms with Gasteiger partial charge in [-0.15, -0.1) is 0 Å². The minimum absolute atomic E-state index is 0.754. The van der Waals surface area contributed by atoms with E-state index in [-0.39, 0.29) is 0 Å². The van der Waals surface area contributed by atoms with E-state index >= 15 is 0 Å². The van der Waals surface area contributed by atoms with E-state index in [1.54, 1.807) is 0 Å². The number of unbranched alkanes of at least 4 members (excludes halogenated alkanes) is 2. The van der Waals surface area contributed by atoms with Crippen LogP contribution < -0.4 is 10.6 Å². The maximum atomic E-state index is 9.85. The molecular weight excluding hydrogens is 152 g/mol. The van der Waals surface area contributed by atoms with Crippen LogP contribution in [-0.2, 0) is 4.79 Å². The molecule has 0 radical (unpaired) electrons. The van der Waals surface area contributed by atoms with Crippen molar-refractivity contribution in [2.45, 2.75) is 32.6 Å². The molecule has 0 aliphatic rings. The lowest BCUT2D eigenvalue weighted by Gasteiger charge is -2.02. The highest BCUT2D eigenvalue weighted by Gasteiger charge is 1.87. The van der Waals surface area contributed by atoms with E-state index in [2.05, 4.69) is 17.6 Å². The van der Waals surface area contributed by atoms with Crippen molar-refractivity contribution in [3.63, 3.8) is 0 Å². The number of hydrogen-bond donors (Lipinski definition) is 2. The Morgan fingerprint density at radius 2 is 1.75 bits per heavy atom. The average Bonchev–Trinajstić information content (AvgIpc) is 2.10. The van der Waals surface area contributed by atoms with Gasteiger partial charge < -0.3 is 10.6 Å². The van der Waals surface area contributed by atoms with E-state index in [0.717, 1.165) is 38.9 Å². The Kier molecular flexibility index (Phi) is 9.93. The zero-order chi connectivity index (χ0) is 9.07. The second-order valence-corrected chi connectivity index (χ2v) is 2.88. The smallest absolute Gasteiger partial charge is 0.207 e. The largest absolute Gasteiger partial charge is 0.359 e. The van der Waals surface area contributed by atoms with Crippen LogP contribution in [0.25, 0.3) is 0 Å². The minimum atomic E-state index is 0.754. The summed E-state index contributed by atoms with van der Waals surface area (Å²) in [4.78, 5) is 9.85. The SMILES string of the molecule is CCCCNCCCCNC=O. The third kappa shape index (κ3) is 9.43. The number of amides is 1. The number of carbonyl (C=O) groups excluding carboxylic acids is 1. The summed E-state index contributed by atoms with van der Waals surface area (Å²) in [6.07, 6.45) is 5.47. The zero-order valence-electron chi connectivity index (χ0n) is 7.94. The fourth-order valence-corrected chi connectivity index (χ4v) is 0.963. The number of nitrogens with one attached hydrogen (secondary N) is 2. The Hall–Kier alpha value is -0.570. The lowest BCUT2D eigenvalue weighted by atomic mass is 10.3. The standard InChI is InChI=1S/C9H20N2O/c1-2-3-6-10-7-4-5-8-11-9-12/h9-10H,2-8H2,1H3,(H,11,12). The van der Waals surface area contributed by atoms with Crippen LogP contribution in [0.2, 0.25) is 0 Å². The predicted octanol–water partition coefficient (Wildman–Crippen LogP) is 0.902. The van der Waals surface area contributed by atoms with Gasteiger partial charge in [0.15, 0.2) is 0 Å². The van der Waals surface area contributed by atoms with Gasteiger partial charge in [-0.25, -0.2) is 0 Å². The summed E-state index contributed by atoms with van der Waals surface area (Å²) in [5, 5.41) is 5.99. The summed E-state index contributed by atoms with van der Waals surface area (Å²) >= 11 is 0. The van der Waals surface area contributed by atoms with Gasteiger partial charge in [-0.2, -0.15) is 0 Å². The maximum Gasteiger partial charge on any atom is 0.207 e. The minimum Gasteiger partial charge on any atom is -0.359 e. The van der Waals surface area contributed by atoms with Crippen molar-refractivity contribution < 1.29 is 4.79 Å². The summed E-state index contributed by atoms with van der Waals surface area (Å²) in [6.45, 7) is 5.19. The van der Waals surface area contributed by atoms with Crippen LogP contribution in [-0.4, -0.2) is 26.0 Å². The quantitative estimate of drug-likeness (QED) is 0.401. The monoisotopic (exact) mass is 172 g/mol. The molecule has 0 bridgehead atoms. The second-order valence-electron chi connectivity index (χ2n) is 2.88. The van der Waals surface area contributed by atoms with Crippen molar-refractivity contribution in [1.29, 1.82) is 0 Å². The molecule has 0 unspecified atom stereocenters. The zero-order valence-corrected chi connectivity index (χ0v) is 7.94. The van der Waals surface area contributed by atoms with Crippen molar-refractivity contribution in [2.24, 2.45) is 0 Å². The second kappa shape index (κ2) is 10.4. The molecule has 0 rings (SSSR count). The van der Waals surface area contributed by atoms with Gasteiger partial charge in [0.05, 0.1) is 0 Å². The molecule has 0 aromatic carbocycles. The van der Waals surface area contributed by atoms with Crippen molar-refractivity contribution in [1.82, 2.24) is 10.6 Å². The van der Waals surface area contributed by atoms with Crippen LogP contribution in [0.15, 0.2) is 0 Å². The first-order valence-corrected chi connectivity index (χ1v) is 4.79. The van der Waals surface area contributed by atoms with E-state index in [0.29, 0.717) is 0 Å². The summed E-state index contributed by atoms with van der Waals surface area (Å²) < 4.78 is 0. The van der Waals surface area contributed by atoms with Gasteiger partial charge in [0.2, 0.25) is 6.41 Å². The normalized spacial score (nSPS) is 9.75. The molecule has 3 nitrogen and oxygen atoms in total. The molecule has 0 saturated heterocycles. The van der Waals surface area contributed by atoms with E-state index in [1.165, 1.54) is 12.8 Å². The summed E-state index contributed by atoms with van der Waals surface area (Å²) in [5.41, 5.74) is 0. The molecule has 0 aromatic rings. The maximum absolute atomic E-state index is 9.85. The first-order valence-electron chi connectivity index (χ1n) is 4.79. The molecule has 72 valence electrons. The highest BCUT2D eigenvalue weighted by Crippen LogP contribution is 1.86. The van der Waals surface area contributed by atoms with Gasteiger partial charge in [-0.1, -0.05) is 13.3 Å². The van der Waals surface area contributed by atoms with Crippen molar-refractivity contribution in [3.8, 4) is 0 Å². The topological polar surface area (TPSA) is 41.1 Å². The molecule has 0 spiro atoms. The van der Waals surface area contributed by atoms with Crippen LogP contribution in [0.4, 0.5) is 0 Å². The summed E-state index contributed by atoms with van der Waals surface area (Å²) in [7, 11) is 0. The van der Waals surface area contributed by atoms with Crippen LogP contribution >= 0.6 is 0 Å². The van der Waals surface area contributed by atoms with Gasteiger partial charge in [0, 0.05) is 6.54 Å². The molecular formula is C9H20N2O. The van der Waals surface area contributed by atoms with Crippen LogP contribution in [0.1, 0.15) is 32.6 Å². The van der Waals surface area contributed by atoms with Gasteiger partial charge in [-0.05, 0) is 32.4 Å². The van der Waals surface area contributed by atoms with Crippen LogP contribution in [0.5, 0.6) is 0 Å². The van der Waals surface area contributed by atoms with Crippen LogP contribution in [0, 0.1) is 0 Å². The molecule has 0 heterocycles. The Bertz CT molecular complexity index is 96.5. The van der Waals surface area contributed by atoms with E-state index in [1.807, 2.05) is 0 Å². The van der Waals surface area contributed by atoms with Crippen LogP contribution in [0.3, 0.4) is 0 Å². The van der Waals surface area contributed by atoms with Crippen molar-refractivity contribution in [3.05, 3.63) is 0 Å². The molecule has 0 aliphatic heterocycles. The molecule has 0 fully saturated rings. The molecule has 0 aromatic heterocycles. The number of hydrogen-bond acceptors (Lipinski definition) is 2. The predicted molar refractivity (Wildman–Crippen MR) is 51.1 cm³/mol. The average molecular weight is 172 g/mol. The molecule has 0 aliphatic carbocycles. The molecule has 1 amide bonds. The Morgan fingerprint density at radius 1 is 1.08 bits per heavy atom. The first-order chi connectivity index (χ1) is 5.91. The Morgan fingerprint density at radius 3 is 2.42 bits per heavy atom. The molecule has 2 N–H and O–H groups in total. The lowest BCUT2D eigenvalue weighted by molar-refractivity contribution is -0.109. The van der Waals surface area contributed by atoms with Crippen molar-refractivity contribution >= 4 is 6.41 Å². The van der Waals surface area contributed by atoms with Gasteiger partial charge in [-0.3, -0.25) is 4.79 Å². The van der Waals surface area contributed by atoms with E-state index in [4.69, 9.17) is 0 Å². The molecule has 0 saturated carbocycles. The molecule has 3 heteroatoms. The molecule has 12 heavy (non-hydrogen) atoms. The summed E-state index contributed by atoms with van der Waals surface area (Å²) in [6, 6.07) is 0. The van der Waals surface area contributed by atoms with E-state index < -0.39 is 0 Å². The van der Waals surface area contributed by atoms with Gasteiger partial charge >= 0.3 is 0 Å². The van der Waals surface area contributed by atoms with Gasteiger partial charge in [0.1, 0.15) is 0 Å².